The SMILES string of the molecule is CCCCNc1nc(N)nc2ccc(Cc3ccc(CN(C)C)cc3)cc12. The van der Waals surface area contributed by atoms with E-state index in [-0.39, 0.29) is 0 Å². The topological polar surface area (TPSA) is 67.1 Å². The third-order valence-electron chi connectivity index (χ3n) is 4.53. The van der Waals surface area contributed by atoms with Gasteiger partial charge in [-0.1, -0.05) is 43.7 Å². The maximum Gasteiger partial charge on any atom is 0.222 e. The maximum atomic E-state index is 5.87. The van der Waals surface area contributed by atoms with E-state index in [1.807, 2.05) is 6.07 Å². The van der Waals surface area contributed by atoms with Gasteiger partial charge in [-0.15, -0.1) is 0 Å². The second-order valence-electron chi connectivity index (χ2n) is 7.29. The predicted molar refractivity (Wildman–Crippen MR) is 114 cm³/mol. The minimum Gasteiger partial charge on any atom is -0.369 e. The van der Waals surface area contributed by atoms with E-state index in [9.17, 15) is 0 Å². The van der Waals surface area contributed by atoms with Gasteiger partial charge in [-0.25, -0.2) is 4.98 Å². The summed E-state index contributed by atoms with van der Waals surface area (Å²) in [6, 6.07) is 15.2. The fourth-order valence-electron chi connectivity index (χ4n) is 3.19. The van der Waals surface area contributed by atoms with Gasteiger partial charge in [-0.3, -0.25) is 0 Å². The molecule has 0 atom stereocenters. The summed E-state index contributed by atoms with van der Waals surface area (Å²) in [5.74, 6) is 1.14. The zero-order valence-corrected chi connectivity index (χ0v) is 16.5. The summed E-state index contributed by atoms with van der Waals surface area (Å²) < 4.78 is 0. The van der Waals surface area contributed by atoms with Gasteiger partial charge in [0.15, 0.2) is 0 Å². The number of hydrogen-bond acceptors (Lipinski definition) is 5. The lowest BCUT2D eigenvalue weighted by Gasteiger charge is -2.12. The number of rotatable bonds is 8. The molecule has 2 aromatic carbocycles. The molecule has 0 saturated heterocycles. The van der Waals surface area contributed by atoms with Crippen molar-refractivity contribution in [3.05, 3.63) is 59.2 Å². The van der Waals surface area contributed by atoms with Crippen LogP contribution < -0.4 is 11.1 Å². The molecule has 0 radical (unpaired) electrons. The summed E-state index contributed by atoms with van der Waals surface area (Å²) >= 11 is 0. The summed E-state index contributed by atoms with van der Waals surface area (Å²) in [4.78, 5) is 11.0. The van der Waals surface area contributed by atoms with Crippen LogP contribution in [-0.4, -0.2) is 35.5 Å². The molecular formula is C22H29N5. The highest BCUT2D eigenvalue weighted by molar-refractivity contribution is 5.90. The third-order valence-corrected chi connectivity index (χ3v) is 4.53. The minimum absolute atomic E-state index is 0.311. The van der Waals surface area contributed by atoms with Gasteiger partial charge in [0.1, 0.15) is 5.82 Å². The van der Waals surface area contributed by atoms with Gasteiger partial charge in [0.2, 0.25) is 5.95 Å². The van der Waals surface area contributed by atoms with Crippen LogP contribution in [0.5, 0.6) is 0 Å². The number of anilines is 2. The monoisotopic (exact) mass is 363 g/mol. The van der Waals surface area contributed by atoms with Crippen LogP contribution in [0.1, 0.15) is 36.5 Å². The molecule has 3 rings (SSSR count). The molecule has 27 heavy (non-hydrogen) atoms. The molecule has 1 heterocycles. The summed E-state index contributed by atoms with van der Waals surface area (Å²) in [6.45, 7) is 4.03. The lowest BCUT2D eigenvalue weighted by Crippen LogP contribution is -2.10. The van der Waals surface area contributed by atoms with Crippen molar-refractivity contribution in [1.29, 1.82) is 0 Å². The van der Waals surface area contributed by atoms with E-state index in [0.29, 0.717) is 5.95 Å². The van der Waals surface area contributed by atoms with Crippen LogP contribution in [0.3, 0.4) is 0 Å². The summed E-state index contributed by atoms with van der Waals surface area (Å²) in [5.41, 5.74) is 10.6. The molecule has 0 unspecified atom stereocenters. The Labute approximate surface area is 161 Å². The number of unbranched alkanes of at least 4 members (excludes halogenated alkanes) is 1. The van der Waals surface area contributed by atoms with Crippen molar-refractivity contribution in [2.45, 2.75) is 32.7 Å². The highest BCUT2D eigenvalue weighted by atomic mass is 15.1. The van der Waals surface area contributed by atoms with E-state index in [4.69, 9.17) is 5.73 Å². The van der Waals surface area contributed by atoms with E-state index in [0.717, 1.165) is 49.1 Å². The normalized spacial score (nSPS) is 11.3. The first kappa shape index (κ1) is 19.1. The molecule has 0 aliphatic heterocycles. The summed E-state index contributed by atoms with van der Waals surface area (Å²) in [6.07, 6.45) is 3.13. The van der Waals surface area contributed by atoms with Crippen molar-refractivity contribution in [1.82, 2.24) is 14.9 Å². The molecule has 0 fully saturated rings. The standard InChI is InChI=1S/C22H29N5/c1-4-5-12-24-21-19-14-18(10-11-20(19)25-22(23)26-21)13-16-6-8-17(9-7-16)15-27(2)3/h6-11,14H,4-5,12-13,15H2,1-3H3,(H3,23,24,25,26). The van der Waals surface area contributed by atoms with Gasteiger partial charge in [0.25, 0.3) is 0 Å². The Balaban J connectivity index is 1.82. The van der Waals surface area contributed by atoms with Crippen molar-refractivity contribution in [3.8, 4) is 0 Å². The molecule has 5 nitrogen and oxygen atoms in total. The van der Waals surface area contributed by atoms with Crippen LogP contribution in [0.2, 0.25) is 0 Å². The second kappa shape index (κ2) is 8.82. The summed E-state index contributed by atoms with van der Waals surface area (Å²) in [5, 5.41) is 4.44. The number of nitrogens with two attached hydrogens (primary N) is 1. The first-order valence-corrected chi connectivity index (χ1v) is 9.57. The van der Waals surface area contributed by atoms with E-state index < -0.39 is 0 Å². The lowest BCUT2D eigenvalue weighted by molar-refractivity contribution is 0.402. The van der Waals surface area contributed by atoms with Crippen LogP contribution >= 0.6 is 0 Å². The van der Waals surface area contributed by atoms with Gasteiger partial charge >= 0.3 is 0 Å². The van der Waals surface area contributed by atoms with Crippen molar-refractivity contribution in [2.75, 3.05) is 31.7 Å². The van der Waals surface area contributed by atoms with E-state index in [2.05, 4.69) is 77.6 Å². The molecule has 3 N–H and O–H groups in total. The average Bonchev–Trinajstić information content (AvgIpc) is 2.63. The number of nitrogens with zero attached hydrogens (tertiary/aromatic N) is 3. The van der Waals surface area contributed by atoms with E-state index in [1.54, 1.807) is 0 Å². The summed E-state index contributed by atoms with van der Waals surface area (Å²) in [7, 11) is 4.17. The van der Waals surface area contributed by atoms with E-state index >= 15 is 0 Å². The van der Waals surface area contributed by atoms with Crippen LogP contribution in [-0.2, 0) is 13.0 Å². The molecule has 0 aliphatic rings. The largest absolute Gasteiger partial charge is 0.369 e. The van der Waals surface area contributed by atoms with Gasteiger partial charge in [0.05, 0.1) is 5.52 Å². The number of fused-ring (bicyclic) bond motifs is 1. The minimum atomic E-state index is 0.311. The number of hydrogen-bond donors (Lipinski definition) is 2. The highest BCUT2D eigenvalue weighted by Gasteiger charge is 2.08. The molecule has 0 bridgehead atoms. The molecule has 5 heteroatoms. The van der Waals surface area contributed by atoms with Crippen molar-refractivity contribution in [2.24, 2.45) is 0 Å². The second-order valence-corrected chi connectivity index (χ2v) is 7.29. The van der Waals surface area contributed by atoms with Crippen LogP contribution in [0.15, 0.2) is 42.5 Å². The van der Waals surface area contributed by atoms with Gasteiger partial charge < -0.3 is 16.0 Å². The number of benzene rings is 2. The van der Waals surface area contributed by atoms with Crippen molar-refractivity contribution < 1.29 is 0 Å². The molecule has 0 amide bonds. The Morgan fingerprint density at radius 2 is 1.67 bits per heavy atom. The molecular weight excluding hydrogens is 334 g/mol. The molecule has 0 saturated carbocycles. The number of aromatic nitrogens is 2. The lowest BCUT2D eigenvalue weighted by atomic mass is 10.0. The zero-order valence-electron chi connectivity index (χ0n) is 16.5. The molecule has 0 aliphatic carbocycles. The van der Waals surface area contributed by atoms with Crippen LogP contribution in [0.4, 0.5) is 11.8 Å². The van der Waals surface area contributed by atoms with Gasteiger partial charge in [0, 0.05) is 18.5 Å². The molecule has 1 aromatic heterocycles. The quantitative estimate of drug-likeness (QED) is 0.590. The smallest absolute Gasteiger partial charge is 0.222 e. The van der Waals surface area contributed by atoms with Crippen molar-refractivity contribution in [3.63, 3.8) is 0 Å². The van der Waals surface area contributed by atoms with Gasteiger partial charge in [-0.05, 0) is 55.8 Å². The van der Waals surface area contributed by atoms with Crippen LogP contribution in [0, 0.1) is 0 Å². The fourth-order valence-corrected chi connectivity index (χ4v) is 3.19. The Morgan fingerprint density at radius 3 is 2.37 bits per heavy atom. The average molecular weight is 364 g/mol. The molecule has 3 aromatic rings. The Bertz CT molecular complexity index is 887. The Kier molecular flexibility index (Phi) is 6.24. The third kappa shape index (κ3) is 5.17. The molecule has 0 spiro atoms. The zero-order chi connectivity index (χ0) is 19.2. The Morgan fingerprint density at radius 1 is 0.963 bits per heavy atom. The van der Waals surface area contributed by atoms with Crippen molar-refractivity contribution >= 4 is 22.7 Å². The Hall–Kier alpha value is -2.66. The van der Waals surface area contributed by atoms with Crippen LogP contribution in [0.25, 0.3) is 10.9 Å². The fraction of sp³-hybridized carbons (Fsp3) is 0.364. The van der Waals surface area contributed by atoms with E-state index in [1.165, 1.54) is 16.7 Å². The molecule has 142 valence electrons. The maximum absolute atomic E-state index is 5.87. The van der Waals surface area contributed by atoms with Gasteiger partial charge in [-0.2, -0.15) is 4.98 Å². The first-order chi connectivity index (χ1) is 13.0. The first-order valence-electron chi connectivity index (χ1n) is 9.57. The number of nitrogens with one attached hydrogen (secondary N) is 1. The predicted octanol–water partition coefficient (Wildman–Crippen LogP) is 4.08. The highest BCUT2D eigenvalue weighted by Crippen LogP contribution is 2.24. The number of nitrogen functional groups attached to an aromatic ring is 1.